The third-order valence-electron chi connectivity index (χ3n) is 2.62. The first-order chi connectivity index (χ1) is 9.70. The predicted molar refractivity (Wildman–Crippen MR) is 81.9 cm³/mol. The molecule has 0 atom stereocenters. The second-order valence-electron chi connectivity index (χ2n) is 4.24. The molecule has 3 rings (SSSR count). The van der Waals surface area contributed by atoms with E-state index in [1.54, 1.807) is 35.6 Å². The lowest BCUT2D eigenvalue weighted by atomic mass is 10.4. The van der Waals surface area contributed by atoms with Crippen molar-refractivity contribution in [2.45, 2.75) is 23.6 Å². The monoisotopic (exact) mass is 303 g/mol. The van der Waals surface area contributed by atoms with E-state index in [1.807, 2.05) is 37.4 Å². The molecule has 0 aromatic carbocycles. The van der Waals surface area contributed by atoms with Gasteiger partial charge in [-0.2, -0.15) is 0 Å². The highest BCUT2D eigenvalue weighted by Crippen LogP contribution is 2.32. The zero-order valence-corrected chi connectivity index (χ0v) is 12.7. The van der Waals surface area contributed by atoms with E-state index < -0.39 is 0 Å². The van der Waals surface area contributed by atoms with Crippen LogP contribution >= 0.6 is 23.1 Å². The number of aromatic nitrogens is 2. The summed E-state index contributed by atoms with van der Waals surface area (Å²) in [5.41, 5.74) is 1.01. The lowest BCUT2D eigenvalue weighted by molar-refractivity contribution is 0.527. The highest BCUT2D eigenvalue weighted by molar-refractivity contribution is 7.99. The summed E-state index contributed by atoms with van der Waals surface area (Å²) < 4.78 is 5.30. The number of nitrogens with one attached hydrogen (secondary N) is 1. The van der Waals surface area contributed by atoms with Crippen LogP contribution in [0.15, 0.2) is 50.2 Å². The maximum Gasteiger partial charge on any atom is 0.188 e. The van der Waals surface area contributed by atoms with E-state index in [9.17, 15) is 0 Å². The van der Waals surface area contributed by atoms with Crippen LogP contribution in [0, 0.1) is 13.8 Å². The van der Waals surface area contributed by atoms with Crippen LogP contribution in [0.4, 0.5) is 10.9 Å². The second kappa shape index (κ2) is 5.68. The van der Waals surface area contributed by atoms with Crippen LogP contribution in [0.2, 0.25) is 0 Å². The summed E-state index contributed by atoms with van der Waals surface area (Å²) >= 11 is 3.23. The van der Waals surface area contributed by atoms with Crippen LogP contribution in [0.3, 0.4) is 0 Å². The average Bonchev–Trinajstić information content (AvgIpc) is 3.00. The van der Waals surface area contributed by atoms with Gasteiger partial charge in [0.2, 0.25) is 0 Å². The molecule has 0 aliphatic rings. The molecule has 3 aromatic rings. The molecule has 0 fully saturated rings. The van der Waals surface area contributed by atoms with E-state index in [0.717, 1.165) is 32.2 Å². The molecule has 0 spiro atoms. The zero-order chi connectivity index (χ0) is 13.9. The summed E-state index contributed by atoms with van der Waals surface area (Å²) in [6.07, 6.45) is 3.50. The normalized spacial score (nSPS) is 10.7. The highest BCUT2D eigenvalue weighted by atomic mass is 32.2. The molecule has 102 valence electrons. The fourth-order valence-corrected chi connectivity index (χ4v) is 3.23. The fraction of sp³-hybridized carbons (Fsp3) is 0.143. The third-order valence-corrected chi connectivity index (χ3v) is 4.63. The van der Waals surface area contributed by atoms with Crippen LogP contribution in [0.25, 0.3) is 0 Å². The quantitative estimate of drug-likeness (QED) is 0.760. The molecule has 4 nitrogen and oxygen atoms in total. The number of nitrogens with zero attached hydrogens (tertiary/aromatic N) is 2. The van der Waals surface area contributed by atoms with Crippen molar-refractivity contribution in [3.63, 3.8) is 0 Å². The van der Waals surface area contributed by atoms with Gasteiger partial charge in [-0.15, -0.1) is 11.3 Å². The number of rotatable bonds is 4. The minimum absolute atomic E-state index is 0.797. The second-order valence-corrected chi connectivity index (χ2v) is 6.21. The van der Waals surface area contributed by atoms with E-state index >= 15 is 0 Å². The largest absolute Gasteiger partial charge is 0.468 e. The zero-order valence-electron chi connectivity index (χ0n) is 11.1. The molecule has 0 saturated heterocycles. The Morgan fingerprint density at radius 3 is 2.90 bits per heavy atom. The van der Waals surface area contributed by atoms with E-state index in [-0.39, 0.29) is 0 Å². The number of pyridine rings is 1. The van der Waals surface area contributed by atoms with Crippen molar-refractivity contribution in [2.24, 2.45) is 0 Å². The highest BCUT2D eigenvalue weighted by Gasteiger charge is 2.06. The number of hydrogen-bond donors (Lipinski definition) is 1. The lowest BCUT2D eigenvalue weighted by Gasteiger charge is -2.04. The molecule has 0 unspecified atom stereocenters. The Hall–Kier alpha value is -1.79. The third kappa shape index (κ3) is 3.02. The van der Waals surface area contributed by atoms with Gasteiger partial charge in [0.15, 0.2) is 5.13 Å². The minimum atomic E-state index is 0.797. The summed E-state index contributed by atoms with van der Waals surface area (Å²) in [5.74, 6) is 1.72. The molecule has 0 radical (unpaired) electrons. The van der Waals surface area contributed by atoms with Gasteiger partial charge in [0.25, 0.3) is 0 Å². The van der Waals surface area contributed by atoms with Crippen LogP contribution in [-0.2, 0) is 0 Å². The Balaban J connectivity index is 1.77. The van der Waals surface area contributed by atoms with E-state index in [1.165, 1.54) is 0 Å². The predicted octanol–water partition coefficient (Wildman–Crippen LogP) is 4.64. The molecule has 3 aromatic heterocycles. The Kier molecular flexibility index (Phi) is 3.75. The van der Waals surface area contributed by atoms with Gasteiger partial charge in [-0.25, -0.2) is 9.97 Å². The molecule has 0 aliphatic heterocycles. The molecule has 3 heterocycles. The van der Waals surface area contributed by atoms with Crippen LogP contribution in [0.1, 0.15) is 11.5 Å². The molecular weight excluding hydrogens is 290 g/mol. The van der Waals surface area contributed by atoms with Crippen molar-refractivity contribution >= 4 is 34.0 Å². The van der Waals surface area contributed by atoms with E-state index in [2.05, 4.69) is 15.3 Å². The van der Waals surface area contributed by atoms with Crippen LogP contribution in [-0.4, -0.2) is 9.97 Å². The van der Waals surface area contributed by atoms with Gasteiger partial charge in [0, 0.05) is 16.5 Å². The first kappa shape index (κ1) is 13.2. The maximum absolute atomic E-state index is 5.30. The first-order valence-corrected chi connectivity index (χ1v) is 7.77. The molecule has 6 heteroatoms. The van der Waals surface area contributed by atoms with Gasteiger partial charge in [-0.3, -0.25) is 0 Å². The summed E-state index contributed by atoms with van der Waals surface area (Å²) in [7, 11) is 0. The summed E-state index contributed by atoms with van der Waals surface area (Å²) in [6, 6.07) is 5.96. The van der Waals surface area contributed by atoms with Crippen molar-refractivity contribution in [2.75, 3.05) is 5.32 Å². The van der Waals surface area contributed by atoms with E-state index in [4.69, 9.17) is 4.42 Å². The van der Waals surface area contributed by atoms with Crippen molar-refractivity contribution in [1.82, 2.24) is 9.97 Å². The topological polar surface area (TPSA) is 51.0 Å². The van der Waals surface area contributed by atoms with Crippen molar-refractivity contribution in [1.29, 1.82) is 0 Å². The van der Waals surface area contributed by atoms with Gasteiger partial charge in [-0.05, 0) is 32.0 Å². The standard InChI is InChI=1S/C14H13N3OS2/c1-9-8-19-14(16-9)17-13-7-11(3-5-15-13)20-12-4-6-18-10(12)2/h3-8H,1-2H3,(H,15,16,17). The smallest absolute Gasteiger partial charge is 0.188 e. The summed E-state index contributed by atoms with van der Waals surface area (Å²) in [6.45, 7) is 3.93. The molecule has 0 aliphatic carbocycles. The molecule has 1 N–H and O–H groups in total. The van der Waals surface area contributed by atoms with Gasteiger partial charge in [0.05, 0.1) is 16.9 Å². The molecular formula is C14H13N3OS2. The Morgan fingerprint density at radius 1 is 1.30 bits per heavy atom. The van der Waals surface area contributed by atoms with Gasteiger partial charge in [0.1, 0.15) is 11.6 Å². The van der Waals surface area contributed by atoms with E-state index in [0.29, 0.717) is 0 Å². The van der Waals surface area contributed by atoms with Crippen molar-refractivity contribution in [3.05, 3.63) is 47.5 Å². The lowest BCUT2D eigenvalue weighted by Crippen LogP contribution is -1.92. The number of hydrogen-bond acceptors (Lipinski definition) is 6. The fourth-order valence-electron chi connectivity index (χ4n) is 1.67. The number of anilines is 2. The minimum Gasteiger partial charge on any atom is -0.468 e. The molecule has 0 amide bonds. The van der Waals surface area contributed by atoms with Crippen molar-refractivity contribution < 1.29 is 4.42 Å². The van der Waals surface area contributed by atoms with Crippen LogP contribution < -0.4 is 5.32 Å². The number of furan rings is 1. The summed E-state index contributed by atoms with van der Waals surface area (Å²) in [4.78, 5) is 10.9. The molecule has 20 heavy (non-hydrogen) atoms. The van der Waals surface area contributed by atoms with Gasteiger partial charge in [-0.1, -0.05) is 11.8 Å². The molecule has 0 saturated carbocycles. The van der Waals surface area contributed by atoms with Crippen molar-refractivity contribution in [3.8, 4) is 0 Å². The Morgan fingerprint density at radius 2 is 2.20 bits per heavy atom. The molecule has 0 bridgehead atoms. The van der Waals surface area contributed by atoms with Crippen LogP contribution in [0.5, 0.6) is 0 Å². The average molecular weight is 303 g/mol. The Labute approximate surface area is 125 Å². The Bertz CT molecular complexity index is 721. The SMILES string of the molecule is Cc1csc(Nc2cc(Sc3ccoc3C)ccn2)n1. The summed E-state index contributed by atoms with van der Waals surface area (Å²) in [5, 5.41) is 6.09. The first-order valence-electron chi connectivity index (χ1n) is 6.08. The number of aryl methyl sites for hydroxylation is 2. The maximum atomic E-state index is 5.30. The van der Waals surface area contributed by atoms with Gasteiger partial charge >= 0.3 is 0 Å². The number of thiazole rings is 1. The van der Waals surface area contributed by atoms with Gasteiger partial charge < -0.3 is 9.73 Å².